The van der Waals surface area contributed by atoms with Crippen molar-refractivity contribution in [2.24, 2.45) is 0 Å². The maximum atomic E-state index is 9.23. The highest BCUT2D eigenvalue weighted by atomic mass is 35.5. The van der Waals surface area contributed by atoms with Crippen LogP contribution in [0.5, 0.6) is 5.75 Å². The molecule has 0 fully saturated rings. The third-order valence-corrected chi connectivity index (χ3v) is 2.86. The van der Waals surface area contributed by atoms with Crippen molar-refractivity contribution in [1.82, 2.24) is 10.1 Å². The Hall–Kier alpha value is -1.59. The van der Waals surface area contributed by atoms with Crippen molar-refractivity contribution < 1.29 is 14.4 Å². The van der Waals surface area contributed by atoms with Crippen LogP contribution in [0.2, 0.25) is 5.02 Å². The maximum absolute atomic E-state index is 9.23. The fourth-order valence-electron chi connectivity index (χ4n) is 1.53. The number of aromatic nitrogens is 2. The van der Waals surface area contributed by atoms with Crippen LogP contribution in [0.15, 0.2) is 22.7 Å². The maximum Gasteiger partial charge on any atom is 0.264 e. The molecular weight excluding hydrogens is 268 g/mol. The van der Waals surface area contributed by atoms with Crippen molar-refractivity contribution in [2.75, 3.05) is 0 Å². The number of aliphatic hydroxyl groups is 1. The molecule has 0 aliphatic carbocycles. The van der Waals surface area contributed by atoms with E-state index in [-0.39, 0.29) is 19.1 Å². The molecule has 102 valence electrons. The van der Waals surface area contributed by atoms with Crippen LogP contribution in [0, 0.1) is 0 Å². The molecule has 0 aliphatic heterocycles. The molecule has 0 unspecified atom stereocenters. The SMILES string of the molecule is CC(C)c1noc(COc2c(Cl)cccc2CO)n1. The van der Waals surface area contributed by atoms with Crippen LogP contribution in [0.3, 0.4) is 0 Å². The molecule has 5 nitrogen and oxygen atoms in total. The van der Waals surface area contributed by atoms with E-state index in [0.717, 1.165) is 0 Å². The summed E-state index contributed by atoms with van der Waals surface area (Å²) >= 11 is 6.03. The molecule has 0 spiro atoms. The Morgan fingerprint density at radius 1 is 1.42 bits per heavy atom. The number of aliphatic hydroxyl groups excluding tert-OH is 1. The monoisotopic (exact) mass is 282 g/mol. The van der Waals surface area contributed by atoms with Gasteiger partial charge in [-0.1, -0.05) is 42.7 Å². The number of nitrogens with zero attached hydrogens (tertiary/aromatic N) is 2. The highest BCUT2D eigenvalue weighted by Gasteiger charge is 2.12. The predicted octanol–water partition coefficient (Wildman–Crippen LogP) is 2.92. The first-order valence-corrected chi connectivity index (χ1v) is 6.33. The number of benzene rings is 1. The second kappa shape index (κ2) is 6.04. The zero-order chi connectivity index (χ0) is 13.8. The summed E-state index contributed by atoms with van der Waals surface area (Å²) in [6.07, 6.45) is 0. The molecule has 0 radical (unpaired) electrons. The van der Waals surface area contributed by atoms with Gasteiger partial charge in [-0.2, -0.15) is 4.98 Å². The second-order valence-electron chi connectivity index (χ2n) is 4.38. The van der Waals surface area contributed by atoms with E-state index in [1.54, 1.807) is 18.2 Å². The van der Waals surface area contributed by atoms with Crippen LogP contribution >= 0.6 is 11.6 Å². The van der Waals surface area contributed by atoms with Crippen LogP contribution in [0.1, 0.15) is 37.0 Å². The molecule has 19 heavy (non-hydrogen) atoms. The van der Waals surface area contributed by atoms with E-state index in [4.69, 9.17) is 20.9 Å². The lowest BCUT2D eigenvalue weighted by molar-refractivity contribution is 0.229. The third kappa shape index (κ3) is 3.24. The average molecular weight is 283 g/mol. The quantitative estimate of drug-likeness (QED) is 0.913. The summed E-state index contributed by atoms with van der Waals surface area (Å²) in [5, 5.41) is 13.5. The number of para-hydroxylation sites is 1. The highest BCUT2D eigenvalue weighted by molar-refractivity contribution is 6.32. The van der Waals surface area contributed by atoms with E-state index in [9.17, 15) is 5.11 Å². The Balaban J connectivity index is 2.09. The fraction of sp³-hybridized carbons (Fsp3) is 0.385. The van der Waals surface area contributed by atoms with E-state index in [1.165, 1.54) is 0 Å². The average Bonchev–Trinajstić information content (AvgIpc) is 2.86. The van der Waals surface area contributed by atoms with Gasteiger partial charge in [0.2, 0.25) is 0 Å². The molecule has 2 rings (SSSR count). The lowest BCUT2D eigenvalue weighted by Crippen LogP contribution is -2.00. The van der Waals surface area contributed by atoms with Crippen LogP contribution < -0.4 is 4.74 Å². The normalized spacial score (nSPS) is 11.0. The first-order chi connectivity index (χ1) is 9.11. The van der Waals surface area contributed by atoms with Gasteiger partial charge in [-0.15, -0.1) is 0 Å². The Labute approximate surface area is 116 Å². The molecule has 0 bridgehead atoms. The molecule has 1 aromatic heterocycles. The Bertz CT molecular complexity index is 555. The van der Waals surface area contributed by atoms with Crippen molar-refractivity contribution >= 4 is 11.6 Å². The van der Waals surface area contributed by atoms with Gasteiger partial charge < -0.3 is 14.4 Å². The summed E-state index contributed by atoms with van der Waals surface area (Å²) in [5.41, 5.74) is 0.621. The van der Waals surface area contributed by atoms with E-state index in [0.29, 0.717) is 28.1 Å². The summed E-state index contributed by atoms with van der Waals surface area (Å²) in [7, 11) is 0. The topological polar surface area (TPSA) is 68.4 Å². The molecule has 2 aromatic rings. The number of hydrogen-bond donors (Lipinski definition) is 1. The Kier molecular flexibility index (Phi) is 4.39. The van der Waals surface area contributed by atoms with Gasteiger partial charge in [0.15, 0.2) is 12.4 Å². The molecule has 0 aliphatic rings. The van der Waals surface area contributed by atoms with Crippen molar-refractivity contribution in [2.45, 2.75) is 33.0 Å². The molecule has 6 heteroatoms. The van der Waals surface area contributed by atoms with Crippen LogP contribution in [0.25, 0.3) is 0 Å². The molecule has 1 heterocycles. The molecule has 0 saturated carbocycles. The van der Waals surface area contributed by atoms with Crippen molar-refractivity contribution in [3.63, 3.8) is 0 Å². The molecular formula is C13H15ClN2O3. The smallest absolute Gasteiger partial charge is 0.264 e. The van der Waals surface area contributed by atoms with Crippen molar-refractivity contribution in [1.29, 1.82) is 0 Å². The van der Waals surface area contributed by atoms with Gasteiger partial charge >= 0.3 is 0 Å². The summed E-state index contributed by atoms with van der Waals surface area (Å²) in [6, 6.07) is 5.20. The van der Waals surface area contributed by atoms with Gasteiger partial charge in [-0.25, -0.2) is 0 Å². The third-order valence-electron chi connectivity index (χ3n) is 2.56. The van der Waals surface area contributed by atoms with Crippen LogP contribution in [-0.4, -0.2) is 15.2 Å². The first-order valence-electron chi connectivity index (χ1n) is 5.95. The number of rotatable bonds is 5. The van der Waals surface area contributed by atoms with Crippen molar-refractivity contribution in [3.05, 3.63) is 40.5 Å². The van der Waals surface area contributed by atoms with E-state index >= 15 is 0 Å². The largest absolute Gasteiger partial charge is 0.482 e. The summed E-state index contributed by atoms with van der Waals surface area (Å²) in [6.45, 7) is 3.94. The summed E-state index contributed by atoms with van der Waals surface area (Å²) in [4.78, 5) is 4.20. The van der Waals surface area contributed by atoms with Crippen LogP contribution in [0.4, 0.5) is 0 Å². The van der Waals surface area contributed by atoms with Crippen molar-refractivity contribution in [3.8, 4) is 5.75 Å². The molecule has 1 aromatic carbocycles. The van der Waals surface area contributed by atoms with E-state index in [1.807, 2.05) is 13.8 Å². The van der Waals surface area contributed by atoms with E-state index in [2.05, 4.69) is 10.1 Å². The van der Waals surface area contributed by atoms with Gasteiger partial charge in [0, 0.05) is 11.5 Å². The van der Waals surface area contributed by atoms with E-state index < -0.39 is 0 Å². The lowest BCUT2D eigenvalue weighted by Gasteiger charge is -2.09. The number of ether oxygens (including phenoxy) is 1. The number of halogens is 1. The fourth-order valence-corrected chi connectivity index (χ4v) is 1.78. The predicted molar refractivity (Wildman–Crippen MR) is 70.1 cm³/mol. The van der Waals surface area contributed by atoms with Gasteiger partial charge in [-0.05, 0) is 6.07 Å². The summed E-state index contributed by atoms with van der Waals surface area (Å²) < 4.78 is 10.6. The standard InChI is InChI=1S/C13H15ClN2O3/c1-8(2)13-15-11(19-16-13)7-18-12-9(6-17)4-3-5-10(12)14/h3-5,8,17H,6-7H2,1-2H3. The van der Waals surface area contributed by atoms with Gasteiger partial charge in [0.25, 0.3) is 5.89 Å². The molecule has 0 saturated heterocycles. The minimum atomic E-state index is -0.142. The molecule has 0 amide bonds. The van der Waals surface area contributed by atoms with Gasteiger partial charge in [0.05, 0.1) is 11.6 Å². The zero-order valence-corrected chi connectivity index (χ0v) is 11.5. The highest BCUT2D eigenvalue weighted by Crippen LogP contribution is 2.29. The minimum absolute atomic E-state index is 0.121. The van der Waals surface area contributed by atoms with Gasteiger partial charge in [-0.3, -0.25) is 0 Å². The zero-order valence-electron chi connectivity index (χ0n) is 10.8. The Morgan fingerprint density at radius 3 is 2.84 bits per heavy atom. The molecule has 0 atom stereocenters. The second-order valence-corrected chi connectivity index (χ2v) is 4.78. The lowest BCUT2D eigenvalue weighted by atomic mass is 10.2. The van der Waals surface area contributed by atoms with Gasteiger partial charge in [0.1, 0.15) is 5.75 Å². The molecule has 1 N–H and O–H groups in total. The number of hydrogen-bond acceptors (Lipinski definition) is 5. The summed E-state index contributed by atoms with van der Waals surface area (Å²) in [5.74, 6) is 1.66. The van der Waals surface area contributed by atoms with Crippen LogP contribution in [-0.2, 0) is 13.2 Å². The first kappa shape index (κ1) is 13.8. The Morgan fingerprint density at radius 2 is 2.21 bits per heavy atom. The minimum Gasteiger partial charge on any atom is -0.482 e.